The molecule has 2 N–H and O–H groups in total. The van der Waals surface area contributed by atoms with Gasteiger partial charge in [0, 0.05) is 17.5 Å². The molecular weight excluding hydrogens is 198 g/mol. The first-order valence-electron chi connectivity index (χ1n) is 4.69. The third-order valence-corrected chi connectivity index (χ3v) is 3.06. The molecule has 1 aliphatic heterocycles. The van der Waals surface area contributed by atoms with Crippen LogP contribution in [0.1, 0.15) is 11.3 Å². The largest absolute Gasteiger partial charge is 0.351 e. The van der Waals surface area contributed by atoms with E-state index in [4.69, 9.17) is 0 Å². The van der Waals surface area contributed by atoms with Gasteiger partial charge in [-0.05, 0) is 19.0 Å². The zero-order chi connectivity index (χ0) is 9.80. The molecule has 1 aliphatic rings. The van der Waals surface area contributed by atoms with Crippen LogP contribution in [0.15, 0.2) is 11.7 Å². The van der Waals surface area contributed by atoms with Crippen LogP contribution >= 0.6 is 11.3 Å². The van der Waals surface area contributed by atoms with Gasteiger partial charge in [0.1, 0.15) is 0 Å². The van der Waals surface area contributed by atoms with Crippen molar-refractivity contribution in [2.45, 2.75) is 13.0 Å². The standard InChI is InChI=1S/C9H13N3OS/c13-9(1-7-2-10-3-7)12-5-8-4-11-6-14-8/h4,6-7,10H,1-3,5H2,(H,12,13). The molecule has 0 aromatic carbocycles. The van der Waals surface area contributed by atoms with Crippen LogP contribution in [-0.2, 0) is 11.3 Å². The van der Waals surface area contributed by atoms with Crippen molar-refractivity contribution in [3.8, 4) is 0 Å². The van der Waals surface area contributed by atoms with Gasteiger partial charge in [-0.2, -0.15) is 0 Å². The van der Waals surface area contributed by atoms with Crippen molar-refractivity contribution in [3.63, 3.8) is 0 Å². The molecule has 0 unspecified atom stereocenters. The van der Waals surface area contributed by atoms with Crippen LogP contribution in [0, 0.1) is 5.92 Å². The van der Waals surface area contributed by atoms with Crippen molar-refractivity contribution >= 4 is 17.2 Å². The van der Waals surface area contributed by atoms with Gasteiger partial charge >= 0.3 is 0 Å². The van der Waals surface area contributed by atoms with Crippen molar-refractivity contribution < 1.29 is 4.79 Å². The van der Waals surface area contributed by atoms with E-state index in [-0.39, 0.29) is 5.91 Å². The summed E-state index contributed by atoms with van der Waals surface area (Å²) in [4.78, 5) is 16.4. The van der Waals surface area contributed by atoms with Gasteiger partial charge in [-0.25, -0.2) is 0 Å². The van der Waals surface area contributed by atoms with Crippen molar-refractivity contribution in [2.75, 3.05) is 13.1 Å². The Balaban J connectivity index is 1.67. The zero-order valence-corrected chi connectivity index (χ0v) is 8.64. The van der Waals surface area contributed by atoms with Crippen molar-refractivity contribution in [1.82, 2.24) is 15.6 Å². The smallest absolute Gasteiger partial charge is 0.220 e. The maximum Gasteiger partial charge on any atom is 0.220 e. The summed E-state index contributed by atoms with van der Waals surface area (Å²) < 4.78 is 0. The van der Waals surface area contributed by atoms with Gasteiger partial charge in [0.15, 0.2) is 0 Å². The van der Waals surface area contributed by atoms with Crippen molar-refractivity contribution in [1.29, 1.82) is 0 Å². The SMILES string of the molecule is O=C(CC1CNC1)NCc1cncs1. The molecular formula is C9H13N3OS. The van der Waals surface area contributed by atoms with Crippen LogP contribution in [0.25, 0.3) is 0 Å². The van der Waals surface area contributed by atoms with E-state index in [1.54, 1.807) is 23.0 Å². The molecule has 0 bridgehead atoms. The Morgan fingerprint density at radius 2 is 2.57 bits per heavy atom. The third kappa shape index (κ3) is 2.52. The number of rotatable bonds is 4. The maximum absolute atomic E-state index is 11.4. The van der Waals surface area contributed by atoms with E-state index in [2.05, 4.69) is 15.6 Å². The Bertz CT molecular complexity index is 295. The van der Waals surface area contributed by atoms with E-state index in [0.717, 1.165) is 18.0 Å². The van der Waals surface area contributed by atoms with Crippen LogP contribution < -0.4 is 10.6 Å². The average Bonchev–Trinajstić information content (AvgIpc) is 2.60. The second-order valence-electron chi connectivity index (χ2n) is 3.47. The Labute approximate surface area is 86.7 Å². The quantitative estimate of drug-likeness (QED) is 0.756. The molecule has 2 heterocycles. The zero-order valence-electron chi connectivity index (χ0n) is 7.82. The van der Waals surface area contributed by atoms with Crippen LogP contribution in [0.3, 0.4) is 0 Å². The van der Waals surface area contributed by atoms with Gasteiger partial charge in [0.25, 0.3) is 0 Å². The number of hydrogen-bond acceptors (Lipinski definition) is 4. The first kappa shape index (κ1) is 9.61. The lowest BCUT2D eigenvalue weighted by Crippen LogP contribution is -2.44. The minimum atomic E-state index is 0.143. The van der Waals surface area contributed by atoms with E-state index < -0.39 is 0 Å². The molecule has 1 aromatic rings. The molecule has 1 aromatic heterocycles. The fraction of sp³-hybridized carbons (Fsp3) is 0.556. The minimum Gasteiger partial charge on any atom is -0.351 e. The highest BCUT2D eigenvalue weighted by atomic mass is 32.1. The lowest BCUT2D eigenvalue weighted by molar-refractivity contribution is -0.122. The summed E-state index contributed by atoms with van der Waals surface area (Å²) in [5, 5.41) is 6.04. The summed E-state index contributed by atoms with van der Waals surface area (Å²) in [6.07, 6.45) is 2.43. The van der Waals surface area contributed by atoms with Gasteiger partial charge in [-0.3, -0.25) is 9.78 Å². The second-order valence-corrected chi connectivity index (χ2v) is 4.44. The van der Waals surface area contributed by atoms with Gasteiger partial charge in [-0.1, -0.05) is 0 Å². The highest BCUT2D eigenvalue weighted by Crippen LogP contribution is 2.08. The lowest BCUT2D eigenvalue weighted by Gasteiger charge is -2.26. The molecule has 14 heavy (non-hydrogen) atoms. The molecule has 5 heteroatoms. The number of aromatic nitrogens is 1. The van der Waals surface area contributed by atoms with E-state index >= 15 is 0 Å². The van der Waals surface area contributed by atoms with Crippen molar-refractivity contribution in [2.24, 2.45) is 5.92 Å². The summed E-state index contributed by atoms with van der Waals surface area (Å²) >= 11 is 1.57. The summed E-state index contributed by atoms with van der Waals surface area (Å²) in [6.45, 7) is 2.58. The second kappa shape index (κ2) is 4.52. The predicted octanol–water partition coefficient (Wildman–Crippen LogP) is 0.369. The van der Waals surface area contributed by atoms with Gasteiger partial charge in [0.2, 0.25) is 5.91 Å². The van der Waals surface area contributed by atoms with Gasteiger partial charge in [0.05, 0.1) is 12.1 Å². The number of hydrogen-bond donors (Lipinski definition) is 2. The molecule has 76 valence electrons. The number of carbonyl (C=O) groups excluding carboxylic acids is 1. The molecule has 0 spiro atoms. The van der Waals surface area contributed by atoms with Crippen LogP contribution in [0.2, 0.25) is 0 Å². The van der Waals surface area contributed by atoms with Crippen molar-refractivity contribution in [3.05, 3.63) is 16.6 Å². The molecule has 1 fully saturated rings. The van der Waals surface area contributed by atoms with Gasteiger partial charge < -0.3 is 10.6 Å². The molecule has 0 saturated carbocycles. The Morgan fingerprint density at radius 1 is 1.71 bits per heavy atom. The highest BCUT2D eigenvalue weighted by Gasteiger charge is 2.19. The molecule has 0 atom stereocenters. The first-order valence-corrected chi connectivity index (χ1v) is 5.57. The molecule has 1 saturated heterocycles. The van der Waals surface area contributed by atoms with Crippen LogP contribution in [-0.4, -0.2) is 24.0 Å². The first-order chi connectivity index (χ1) is 6.84. The molecule has 1 amide bonds. The van der Waals surface area contributed by atoms with E-state index in [9.17, 15) is 4.79 Å². The predicted molar refractivity (Wildman–Crippen MR) is 54.9 cm³/mol. The highest BCUT2D eigenvalue weighted by molar-refractivity contribution is 7.09. The monoisotopic (exact) mass is 211 g/mol. The van der Waals surface area contributed by atoms with Crippen LogP contribution in [0.4, 0.5) is 0 Å². The van der Waals surface area contributed by atoms with Gasteiger partial charge in [-0.15, -0.1) is 11.3 Å². The molecule has 0 radical (unpaired) electrons. The summed E-state index contributed by atoms with van der Waals surface area (Å²) in [5.74, 6) is 0.682. The Hall–Kier alpha value is -0.940. The number of nitrogens with zero attached hydrogens (tertiary/aromatic N) is 1. The number of thiazole rings is 1. The average molecular weight is 211 g/mol. The third-order valence-electron chi connectivity index (χ3n) is 2.28. The Morgan fingerprint density at radius 3 is 3.14 bits per heavy atom. The van der Waals surface area contributed by atoms with E-state index in [0.29, 0.717) is 18.9 Å². The normalized spacial score (nSPS) is 16.3. The number of amides is 1. The van der Waals surface area contributed by atoms with Crippen LogP contribution in [0.5, 0.6) is 0 Å². The molecule has 4 nitrogen and oxygen atoms in total. The number of carbonyl (C=O) groups is 1. The maximum atomic E-state index is 11.4. The fourth-order valence-corrected chi connectivity index (χ4v) is 1.88. The summed E-state index contributed by atoms with van der Waals surface area (Å²) in [5.41, 5.74) is 1.78. The van der Waals surface area contributed by atoms with E-state index in [1.807, 2.05) is 0 Å². The summed E-state index contributed by atoms with van der Waals surface area (Å²) in [6, 6.07) is 0. The topological polar surface area (TPSA) is 54.0 Å². The lowest BCUT2D eigenvalue weighted by atomic mass is 9.99. The van der Waals surface area contributed by atoms with E-state index in [1.165, 1.54) is 0 Å². The molecule has 2 rings (SSSR count). The molecule has 0 aliphatic carbocycles. The minimum absolute atomic E-state index is 0.143. The summed E-state index contributed by atoms with van der Waals surface area (Å²) in [7, 11) is 0. The Kier molecular flexibility index (Phi) is 3.10. The fourth-order valence-electron chi connectivity index (χ4n) is 1.34. The number of nitrogens with one attached hydrogen (secondary N) is 2.